The Morgan fingerprint density at radius 2 is 2.27 bits per heavy atom. The van der Waals surface area contributed by atoms with Crippen molar-refractivity contribution in [2.75, 3.05) is 13.7 Å². The first kappa shape index (κ1) is 10.2. The molecule has 0 bridgehead atoms. The molecule has 0 saturated heterocycles. The topological polar surface area (TPSA) is 21.6 Å². The molecule has 0 atom stereocenters. The largest absolute Gasteiger partial charge is 0.496 e. The van der Waals surface area contributed by atoms with Gasteiger partial charge in [0.15, 0.2) is 0 Å². The summed E-state index contributed by atoms with van der Waals surface area (Å²) in [6.07, 6.45) is 6.01. The van der Waals surface area contributed by atoms with Crippen LogP contribution in [0.3, 0.4) is 0 Å². The molecule has 0 aromatic heterocycles. The first-order chi connectivity index (χ1) is 5.35. The molecule has 0 spiro atoms. The van der Waals surface area contributed by atoms with Gasteiger partial charge >= 0.3 is 0 Å². The summed E-state index contributed by atoms with van der Waals surface area (Å²) in [7, 11) is 1.65. The van der Waals surface area contributed by atoms with Gasteiger partial charge in [0.25, 0.3) is 0 Å². The van der Waals surface area contributed by atoms with Gasteiger partial charge in [-0.1, -0.05) is 13.3 Å². The summed E-state index contributed by atoms with van der Waals surface area (Å²) in [5.74, 6) is 0.834. The first-order valence-electron chi connectivity index (χ1n) is 4.05. The molecule has 0 rings (SSSR count). The number of nitrogens with zero attached hydrogens (tertiary/aromatic N) is 1. The first-order valence-corrected chi connectivity index (χ1v) is 4.05. The highest BCUT2D eigenvalue weighted by atomic mass is 16.5. The Morgan fingerprint density at radius 1 is 1.55 bits per heavy atom. The third-order valence-corrected chi connectivity index (χ3v) is 1.38. The Kier molecular flexibility index (Phi) is 6.79. The van der Waals surface area contributed by atoms with E-state index in [4.69, 9.17) is 4.74 Å². The summed E-state index contributed by atoms with van der Waals surface area (Å²) in [5, 5.41) is 0. The molecule has 64 valence electrons. The van der Waals surface area contributed by atoms with Gasteiger partial charge < -0.3 is 4.74 Å². The minimum absolute atomic E-state index is 0.834. The van der Waals surface area contributed by atoms with Gasteiger partial charge in [0, 0.05) is 6.54 Å². The van der Waals surface area contributed by atoms with Crippen molar-refractivity contribution >= 4 is 6.21 Å². The molecule has 0 unspecified atom stereocenters. The molecule has 0 fully saturated rings. The van der Waals surface area contributed by atoms with Crippen LogP contribution in [-0.4, -0.2) is 19.9 Å². The maximum absolute atomic E-state index is 4.99. The van der Waals surface area contributed by atoms with Gasteiger partial charge in [-0.2, -0.15) is 0 Å². The molecule has 0 aliphatic rings. The summed E-state index contributed by atoms with van der Waals surface area (Å²) in [5.41, 5.74) is 0. The minimum Gasteiger partial charge on any atom is -0.496 e. The number of unbranched alkanes of at least 4 members (excludes halogenated alkanes) is 1. The molecule has 2 heteroatoms. The summed E-state index contributed by atoms with van der Waals surface area (Å²) in [4.78, 5) is 4.18. The zero-order chi connectivity index (χ0) is 8.53. The van der Waals surface area contributed by atoms with Crippen molar-refractivity contribution in [3.63, 3.8) is 0 Å². The maximum atomic E-state index is 4.99. The highest BCUT2D eigenvalue weighted by Crippen LogP contribution is 1.91. The third kappa shape index (κ3) is 5.64. The number of rotatable bonds is 5. The molecule has 0 radical (unpaired) electrons. The van der Waals surface area contributed by atoms with E-state index in [0.717, 1.165) is 18.7 Å². The third-order valence-electron chi connectivity index (χ3n) is 1.38. The highest BCUT2D eigenvalue weighted by molar-refractivity contribution is 5.75. The average Bonchev–Trinajstić information content (AvgIpc) is 2.05. The zero-order valence-electron chi connectivity index (χ0n) is 7.63. The Hall–Kier alpha value is -0.790. The van der Waals surface area contributed by atoms with Gasteiger partial charge in [0.1, 0.15) is 5.76 Å². The molecule has 0 amide bonds. The molecule has 0 aromatic carbocycles. The van der Waals surface area contributed by atoms with Crippen LogP contribution < -0.4 is 0 Å². The molecular formula is C9H17NO. The van der Waals surface area contributed by atoms with Crippen LogP contribution >= 0.6 is 0 Å². The quantitative estimate of drug-likeness (QED) is 0.339. The summed E-state index contributed by atoms with van der Waals surface area (Å²) < 4.78 is 4.99. The zero-order valence-corrected chi connectivity index (χ0v) is 7.63. The lowest BCUT2D eigenvalue weighted by atomic mass is 10.3. The summed E-state index contributed by atoms with van der Waals surface area (Å²) in [6.45, 7) is 4.99. The van der Waals surface area contributed by atoms with Crippen molar-refractivity contribution in [3.05, 3.63) is 11.8 Å². The molecule has 0 aliphatic carbocycles. The van der Waals surface area contributed by atoms with Crippen LogP contribution in [0.4, 0.5) is 0 Å². The normalized spacial score (nSPS) is 12.5. The van der Waals surface area contributed by atoms with Crippen molar-refractivity contribution in [1.29, 1.82) is 0 Å². The molecule has 0 heterocycles. The predicted octanol–water partition coefficient (Wildman–Crippen LogP) is 2.41. The standard InChI is InChI=1S/C9H17NO/c1-4-6-7-10-8-9(5-2)11-3/h5,8H,4,6-7H2,1-3H3/b9-5-,10-8?. The van der Waals surface area contributed by atoms with Crippen LogP contribution in [0.5, 0.6) is 0 Å². The fraction of sp³-hybridized carbons (Fsp3) is 0.667. The van der Waals surface area contributed by atoms with Crippen LogP contribution in [0.1, 0.15) is 26.7 Å². The van der Waals surface area contributed by atoms with E-state index >= 15 is 0 Å². The number of allylic oxidation sites excluding steroid dienone is 2. The molecule has 2 nitrogen and oxygen atoms in total. The highest BCUT2D eigenvalue weighted by Gasteiger charge is 1.85. The van der Waals surface area contributed by atoms with Crippen LogP contribution in [-0.2, 0) is 4.74 Å². The van der Waals surface area contributed by atoms with Crippen LogP contribution in [0.2, 0.25) is 0 Å². The lowest BCUT2D eigenvalue weighted by Gasteiger charge is -1.96. The van der Waals surface area contributed by atoms with Crippen molar-refractivity contribution in [1.82, 2.24) is 0 Å². The second-order valence-corrected chi connectivity index (χ2v) is 2.28. The van der Waals surface area contributed by atoms with E-state index in [0.29, 0.717) is 0 Å². The van der Waals surface area contributed by atoms with Gasteiger partial charge in [0.2, 0.25) is 0 Å². The van der Waals surface area contributed by atoms with Gasteiger partial charge in [-0.15, -0.1) is 0 Å². The molecule has 0 saturated carbocycles. The fourth-order valence-electron chi connectivity index (χ4n) is 0.649. The Morgan fingerprint density at radius 3 is 2.73 bits per heavy atom. The van der Waals surface area contributed by atoms with Gasteiger partial charge in [0.05, 0.1) is 13.3 Å². The summed E-state index contributed by atoms with van der Waals surface area (Å²) in [6, 6.07) is 0. The summed E-state index contributed by atoms with van der Waals surface area (Å²) >= 11 is 0. The number of ether oxygens (including phenoxy) is 1. The Balaban J connectivity index is 3.54. The van der Waals surface area contributed by atoms with E-state index in [1.165, 1.54) is 6.42 Å². The lowest BCUT2D eigenvalue weighted by molar-refractivity contribution is 0.316. The van der Waals surface area contributed by atoms with Crippen molar-refractivity contribution in [3.8, 4) is 0 Å². The number of aliphatic imine (C=N–C) groups is 1. The average molecular weight is 155 g/mol. The monoisotopic (exact) mass is 155 g/mol. The van der Waals surface area contributed by atoms with E-state index in [2.05, 4.69) is 11.9 Å². The van der Waals surface area contributed by atoms with Crippen molar-refractivity contribution in [2.45, 2.75) is 26.7 Å². The molecule has 11 heavy (non-hydrogen) atoms. The van der Waals surface area contributed by atoms with Crippen LogP contribution in [0, 0.1) is 0 Å². The number of hydrogen-bond donors (Lipinski definition) is 0. The maximum Gasteiger partial charge on any atom is 0.132 e. The second kappa shape index (κ2) is 7.32. The van der Waals surface area contributed by atoms with E-state index in [1.54, 1.807) is 13.3 Å². The smallest absolute Gasteiger partial charge is 0.132 e. The Labute approximate surface area is 69.0 Å². The molecular weight excluding hydrogens is 138 g/mol. The number of methoxy groups -OCH3 is 1. The molecule has 0 aromatic rings. The van der Waals surface area contributed by atoms with E-state index in [9.17, 15) is 0 Å². The van der Waals surface area contributed by atoms with E-state index in [-0.39, 0.29) is 0 Å². The van der Waals surface area contributed by atoms with Gasteiger partial charge in [-0.25, -0.2) is 0 Å². The van der Waals surface area contributed by atoms with Gasteiger partial charge in [-0.05, 0) is 19.4 Å². The molecule has 0 aliphatic heterocycles. The van der Waals surface area contributed by atoms with Gasteiger partial charge in [-0.3, -0.25) is 4.99 Å². The van der Waals surface area contributed by atoms with Crippen molar-refractivity contribution in [2.24, 2.45) is 4.99 Å². The predicted molar refractivity (Wildman–Crippen MR) is 49.0 cm³/mol. The van der Waals surface area contributed by atoms with E-state index in [1.807, 2.05) is 13.0 Å². The lowest BCUT2D eigenvalue weighted by Crippen LogP contribution is -1.88. The molecule has 0 N–H and O–H groups in total. The van der Waals surface area contributed by atoms with Crippen molar-refractivity contribution < 1.29 is 4.74 Å². The van der Waals surface area contributed by atoms with Crippen LogP contribution in [0.25, 0.3) is 0 Å². The van der Waals surface area contributed by atoms with Crippen LogP contribution in [0.15, 0.2) is 16.8 Å². The Bertz CT molecular complexity index is 138. The second-order valence-electron chi connectivity index (χ2n) is 2.28. The minimum atomic E-state index is 0.834. The number of hydrogen-bond acceptors (Lipinski definition) is 2. The SMILES string of the molecule is C/C=C(/C=NCCCC)OC. The fourth-order valence-corrected chi connectivity index (χ4v) is 0.649. The van der Waals surface area contributed by atoms with E-state index < -0.39 is 0 Å².